The van der Waals surface area contributed by atoms with E-state index in [0.717, 1.165) is 43.5 Å². The summed E-state index contributed by atoms with van der Waals surface area (Å²) < 4.78 is 11.3. The van der Waals surface area contributed by atoms with E-state index in [0.29, 0.717) is 70.9 Å². The van der Waals surface area contributed by atoms with E-state index in [1.807, 2.05) is 12.1 Å². The SMILES string of the molecule is COc1cc(C(=O)Nc2cccc(-c3nccc(-c4ccc(CNC[C@H]5CCC(=O)N5)c(OC)n4)c3Cl)c2Cl)ncc1CN1CCC(NC(C)=O)CC1. The molecule has 1 aromatic carbocycles. The van der Waals surface area contributed by atoms with Gasteiger partial charge in [0.15, 0.2) is 0 Å². The van der Waals surface area contributed by atoms with Crippen LogP contribution in [0, 0.1) is 0 Å². The predicted octanol–water partition coefficient (Wildman–Crippen LogP) is 5.25. The highest BCUT2D eigenvalue weighted by molar-refractivity contribution is 6.39. The highest BCUT2D eigenvalue weighted by atomic mass is 35.5. The van der Waals surface area contributed by atoms with E-state index in [4.69, 9.17) is 37.7 Å². The van der Waals surface area contributed by atoms with Crippen LogP contribution in [-0.2, 0) is 22.7 Å². The summed E-state index contributed by atoms with van der Waals surface area (Å²) in [4.78, 5) is 52.3. The van der Waals surface area contributed by atoms with E-state index in [1.54, 1.807) is 56.9 Å². The summed E-state index contributed by atoms with van der Waals surface area (Å²) in [6.07, 6.45) is 6.37. The molecule has 0 unspecified atom stereocenters. The predicted molar refractivity (Wildman–Crippen MR) is 203 cm³/mol. The van der Waals surface area contributed by atoms with Crippen LogP contribution < -0.4 is 30.7 Å². The van der Waals surface area contributed by atoms with E-state index in [2.05, 4.69) is 36.1 Å². The standard InChI is InChI=1S/C38H42Cl2N8O5/c1-22(49)44-25-12-15-48(16-13-25)21-24-19-43-31(17-32(24)52-2)37(51)46-30-6-4-5-28(34(30)39)36-35(40)27(11-14-42-36)29-9-7-23(38(47-29)53-3)18-41-20-26-8-10-33(50)45-26/h4-7,9,11,14,17,19,25-26,41H,8,10,12-13,15-16,18,20-21H2,1-3H3,(H,44,49)(H,45,50)(H,46,51)/t26-/m1/s1. The molecule has 0 saturated carbocycles. The van der Waals surface area contributed by atoms with Crippen molar-refractivity contribution in [2.75, 3.05) is 39.2 Å². The van der Waals surface area contributed by atoms with Crippen LogP contribution in [0.2, 0.25) is 10.0 Å². The number of likely N-dealkylation sites (tertiary alicyclic amines) is 1. The largest absolute Gasteiger partial charge is 0.496 e. The Hall–Kier alpha value is -4.82. The molecule has 1 atom stereocenters. The van der Waals surface area contributed by atoms with Crippen molar-refractivity contribution in [1.29, 1.82) is 0 Å². The molecule has 2 saturated heterocycles. The lowest BCUT2D eigenvalue weighted by Gasteiger charge is -2.32. The second-order valence-corrected chi connectivity index (χ2v) is 13.8. The van der Waals surface area contributed by atoms with Gasteiger partial charge in [0, 0.05) is 98.9 Å². The van der Waals surface area contributed by atoms with Gasteiger partial charge in [0.05, 0.1) is 41.3 Å². The molecule has 278 valence electrons. The van der Waals surface area contributed by atoms with Crippen LogP contribution in [0.25, 0.3) is 22.5 Å². The van der Waals surface area contributed by atoms with Crippen molar-refractivity contribution in [2.45, 2.75) is 57.8 Å². The summed E-state index contributed by atoms with van der Waals surface area (Å²) in [5.41, 5.74) is 4.39. The Balaban J connectivity index is 1.14. The number of pyridine rings is 3. The van der Waals surface area contributed by atoms with E-state index in [9.17, 15) is 14.4 Å². The van der Waals surface area contributed by atoms with Gasteiger partial charge in [0.25, 0.3) is 5.91 Å². The van der Waals surface area contributed by atoms with Crippen molar-refractivity contribution in [3.05, 3.63) is 81.7 Å². The van der Waals surface area contributed by atoms with E-state index < -0.39 is 5.91 Å². The fourth-order valence-corrected chi connectivity index (χ4v) is 7.20. The summed E-state index contributed by atoms with van der Waals surface area (Å²) in [5, 5.41) is 12.8. The third-order valence-electron chi connectivity index (χ3n) is 9.38. The summed E-state index contributed by atoms with van der Waals surface area (Å²) in [7, 11) is 3.13. The maximum absolute atomic E-state index is 13.4. The van der Waals surface area contributed by atoms with Crippen molar-refractivity contribution in [3.8, 4) is 34.1 Å². The van der Waals surface area contributed by atoms with Crippen LogP contribution in [0.5, 0.6) is 11.6 Å². The maximum atomic E-state index is 13.4. The number of hydrogen-bond donors (Lipinski definition) is 4. The van der Waals surface area contributed by atoms with Crippen molar-refractivity contribution >= 4 is 46.6 Å². The topological polar surface area (TPSA) is 160 Å². The molecular weight excluding hydrogens is 719 g/mol. The van der Waals surface area contributed by atoms with Crippen LogP contribution in [0.3, 0.4) is 0 Å². The Kier molecular flexibility index (Phi) is 12.4. The minimum Gasteiger partial charge on any atom is -0.496 e. The number of nitrogens with zero attached hydrogens (tertiary/aromatic N) is 4. The minimum atomic E-state index is -0.461. The Morgan fingerprint density at radius 2 is 1.79 bits per heavy atom. The van der Waals surface area contributed by atoms with Crippen molar-refractivity contribution in [3.63, 3.8) is 0 Å². The molecule has 3 amide bonds. The van der Waals surface area contributed by atoms with Crippen LogP contribution in [0.15, 0.2) is 54.9 Å². The lowest BCUT2D eigenvalue weighted by Crippen LogP contribution is -2.43. The highest BCUT2D eigenvalue weighted by Crippen LogP contribution is 2.40. The van der Waals surface area contributed by atoms with Crippen LogP contribution >= 0.6 is 23.2 Å². The maximum Gasteiger partial charge on any atom is 0.274 e. The van der Waals surface area contributed by atoms with Crippen LogP contribution in [-0.4, -0.2) is 83.5 Å². The first-order chi connectivity index (χ1) is 25.6. The molecule has 2 fully saturated rings. The first kappa shape index (κ1) is 37.9. The number of amides is 3. The van der Waals surface area contributed by atoms with Crippen molar-refractivity contribution in [2.24, 2.45) is 0 Å². The second-order valence-electron chi connectivity index (χ2n) is 13.1. The third-order valence-corrected chi connectivity index (χ3v) is 10.2. The molecule has 3 aromatic heterocycles. The van der Waals surface area contributed by atoms with Crippen molar-refractivity contribution in [1.82, 2.24) is 35.8 Å². The van der Waals surface area contributed by atoms with Crippen LogP contribution in [0.4, 0.5) is 5.69 Å². The van der Waals surface area contributed by atoms with Gasteiger partial charge in [0.2, 0.25) is 17.7 Å². The quantitative estimate of drug-likeness (QED) is 0.142. The summed E-state index contributed by atoms with van der Waals surface area (Å²) in [6.45, 7) is 4.96. The minimum absolute atomic E-state index is 0.0129. The molecule has 4 aromatic rings. The zero-order valence-corrected chi connectivity index (χ0v) is 31.3. The molecule has 6 rings (SSSR count). The van der Waals surface area contributed by atoms with Gasteiger partial charge < -0.3 is 30.7 Å². The number of benzene rings is 1. The number of aromatic nitrogens is 3. The Morgan fingerprint density at radius 1 is 0.981 bits per heavy atom. The molecule has 13 nitrogen and oxygen atoms in total. The molecule has 53 heavy (non-hydrogen) atoms. The fourth-order valence-electron chi connectivity index (χ4n) is 6.63. The molecule has 0 aliphatic carbocycles. The Labute approximate surface area is 318 Å². The van der Waals surface area contributed by atoms with Gasteiger partial charge in [0.1, 0.15) is 11.4 Å². The van der Waals surface area contributed by atoms with Gasteiger partial charge in [-0.05, 0) is 37.5 Å². The number of piperidine rings is 1. The monoisotopic (exact) mass is 760 g/mol. The second kappa shape index (κ2) is 17.3. The van der Waals surface area contributed by atoms with Gasteiger partial charge in [-0.15, -0.1) is 0 Å². The van der Waals surface area contributed by atoms with Crippen LogP contribution in [0.1, 0.15) is 54.2 Å². The first-order valence-corrected chi connectivity index (χ1v) is 18.2. The van der Waals surface area contributed by atoms with E-state index >= 15 is 0 Å². The number of ether oxygens (including phenoxy) is 2. The normalized spacial score (nSPS) is 16.2. The zero-order chi connectivity index (χ0) is 37.5. The fraction of sp³-hybridized carbons (Fsp3) is 0.368. The number of hydrogen-bond acceptors (Lipinski definition) is 10. The van der Waals surface area contributed by atoms with Gasteiger partial charge in [-0.1, -0.05) is 41.4 Å². The number of rotatable bonds is 13. The van der Waals surface area contributed by atoms with E-state index in [-0.39, 0.29) is 34.6 Å². The molecular formula is C38H42Cl2N8O5. The third kappa shape index (κ3) is 9.22. The molecule has 5 heterocycles. The number of carbonyl (C=O) groups excluding carboxylic acids is 3. The lowest BCUT2D eigenvalue weighted by molar-refractivity contribution is -0.120. The molecule has 15 heteroatoms. The molecule has 2 aliphatic rings. The first-order valence-electron chi connectivity index (χ1n) is 17.4. The molecule has 0 radical (unpaired) electrons. The van der Waals surface area contributed by atoms with E-state index in [1.165, 1.54) is 6.92 Å². The average Bonchev–Trinajstić information content (AvgIpc) is 3.58. The molecule has 2 aliphatic heterocycles. The van der Waals surface area contributed by atoms with Crippen molar-refractivity contribution < 1.29 is 23.9 Å². The lowest BCUT2D eigenvalue weighted by atomic mass is 10.0. The number of anilines is 1. The molecule has 4 N–H and O–H groups in total. The smallest absolute Gasteiger partial charge is 0.274 e. The number of nitrogens with one attached hydrogen (secondary N) is 4. The van der Waals surface area contributed by atoms with Gasteiger partial charge >= 0.3 is 0 Å². The summed E-state index contributed by atoms with van der Waals surface area (Å²) in [5.74, 6) is 0.605. The summed E-state index contributed by atoms with van der Waals surface area (Å²) >= 11 is 13.9. The van der Waals surface area contributed by atoms with Gasteiger partial charge in [-0.2, -0.15) is 0 Å². The number of methoxy groups -OCH3 is 2. The average molecular weight is 762 g/mol. The number of halogens is 2. The molecule has 0 spiro atoms. The zero-order valence-electron chi connectivity index (χ0n) is 29.8. The Morgan fingerprint density at radius 3 is 2.51 bits per heavy atom. The highest BCUT2D eigenvalue weighted by Gasteiger charge is 2.24. The van der Waals surface area contributed by atoms with Gasteiger partial charge in [-0.3, -0.25) is 29.3 Å². The number of carbonyl (C=O) groups is 3. The summed E-state index contributed by atoms with van der Waals surface area (Å²) in [6, 6.07) is 12.7. The van der Waals surface area contributed by atoms with Gasteiger partial charge in [-0.25, -0.2) is 4.98 Å². The Bertz CT molecular complexity index is 1990. The molecule has 0 bridgehead atoms.